The third-order valence-electron chi connectivity index (χ3n) is 8.36. The molecular weight excluding hydrogens is 395 g/mol. The molecule has 0 N–H and O–H groups in total. The summed E-state index contributed by atoms with van der Waals surface area (Å²) >= 11 is 0. The molecule has 5 atom stereocenters. The van der Waals surface area contributed by atoms with Crippen LogP contribution in [0.4, 0.5) is 4.39 Å². The van der Waals surface area contributed by atoms with Gasteiger partial charge in [-0.15, -0.1) is 0 Å². The fourth-order valence-electron chi connectivity index (χ4n) is 6.15. The summed E-state index contributed by atoms with van der Waals surface area (Å²) in [7, 11) is 0. The number of epoxide rings is 1. The van der Waals surface area contributed by atoms with E-state index in [0.717, 1.165) is 44.3 Å². The lowest BCUT2D eigenvalue weighted by atomic mass is 9.62. The second-order valence-electron chi connectivity index (χ2n) is 10.3. The van der Waals surface area contributed by atoms with E-state index in [4.69, 9.17) is 4.74 Å². The summed E-state index contributed by atoms with van der Waals surface area (Å²) in [6, 6.07) is 0. The molecule has 4 aliphatic rings. The van der Waals surface area contributed by atoms with Gasteiger partial charge in [-0.25, -0.2) is 4.39 Å². The lowest BCUT2D eigenvalue weighted by Crippen LogP contribution is -2.32. The Hall–Kier alpha value is -1.41. The highest BCUT2D eigenvalue weighted by Crippen LogP contribution is 2.57. The zero-order valence-corrected chi connectivity index (χ0v) is 21.2. The maximum Gasteiger partial charge on any atom is 0.125 e. The number of halogens is 1. The molecule has 2 heteroatoms. The minimum atomic E-state index is -0.846. The zero-order chi connectivity index (χ0) is 23.4. The smallest absolute Gasteiger partial charge is 0.125 e. The Morgan fingerprint density at radius 3 is 2.69 bits per heavy atom. The fourth-order valence-corrected chi connectivity index (χ4v) is 6.15. The molecule has 1 saturated heterocycles. The van der Waals surface area contributed by atoms with Gasteiger partial charge in [0.2, 0.25) is 0 Å². The molecular formula is C30H45FO. The average molecular weight is 441 g/mol. The SMILES string of the molecule is C=C1/C(=C\C=C2/CCC[C@]3(C)C([C@@H](C)C/C=C/C4(CC)CO4)=CCC23)CCC[C@@H]1F.CC. The molecule has 0 bridgehead atoms. The molecule has 1 heterocycles. The van der Waals surface area contributed by atoms with Gasteiger partial charge in [0.05, 0.1) is 6.61 Å². The van der Waals surface area contributed by atoms with Crippen LogP contribution >= 0.6 is 0 Å². The second kappa shape index (κ2) is 10.7. The van der Waals surface area contributed by atoms with Gasteiger partial charge in [0, 0.05) is 0 Å². The summed E-state index contributed by atoms with van der Waals surface area (Å²) in [6.07, 6.45) is 20.5. The normalized spacial score (nSPS) is 37.8. The summed E-state index contributed by atoms with van der Waals surface area (Å²) in [5, 5.41) is 0. The first-order valence-corrected chi connectivity index (χ1v) is 13.1. The van der Waals surface area contributed by atoms with Crippen LogP contribution in [-0.2, 0) is 4.74 Å². The third-order valence-corrected chi connectivity index (χ3v) is 8.36. The summed E-state index contributed by atoms with van der Waals surface area (Å²) in [5.74, 6) is 1.18. The van der Waals surface area contributed by atoms with Crippen LogP contribution in [0.2, 0.25) is 0 Å². The van der Waals surface area contributed by atoms with Crippen molar-refractivity contribution in [1.82, 2.24) is 0 Å². The van der Waals surface area contributed by atoms with E-state index in [2.05, 4.69) is 57.7 Å². The van der Waals surface area contributed by atoms with Gasteiger partial charge in [0.15, 0.2) is 0 Å². The minimum absolute atomic E-state index is 0.0478. The number of rotatable bonds is 6. The molecule has 2 saturated carbocycles. The monoisotopic (exact) mass is 440 g/mol. The van der Waals surface area contributed by atoms with Crippen LogP contribution in [0.1, 0.15) is 92.4 Å². The highest BCUT2D eigenvalue weighted by atomic mass is 19.1. The molecule has 4 rings (SSSR count). The Balaban J connectivity index is 0.00000141. The zero-order valence-electron chi connectivity index (χ0n) is 21.2. The predicted octanol–water partition coefficient (Wildman–Crippen LogP) is 8.84. The van der Waals surface area contributed by atoms with Crippen molar-refractivity contribution in [2.24, 2.45) is 17.3 Å². The Labute approximate surface area is 196 Å². The number of ether oxygens (including phenoxy) is 1. The topological polar surface area (TPSA) is 12.5 Å². The summed E-state index contributed by atoms with van der Waals surface area (Å²) in [6.45, 7) is 16.0. The largest absolute Gasteiger partial charge is 0.365 e. The molecule has 32 heavy (non-hydrogen) atoms. The molecule has 0 radical (unpaired) electrons. The van der Waals surface area contributed by atoms with Gasteiger partial charge in [-0.2, -0.15) is 0 Å². The molecule has 0 amide bonds. The van der Waals surface area contributed by atoms with Crippen molar-refractivity contribution < 1.29 is 9.13 Å². The van der Waals surface area contributed by atoms with Crippen molar-refractivity contribution in [1.29, 1.82) is 0 Å². The molecule has 0 aromatic carbocycles. The quantitative estimate of drug-likeness (QED) is 0.297. The number of alkyl halides is 1. The van der Waals surface area contributed by atoms with Crippen molar-refractivity contribution in [2.45, 2.75) is 104 Å². The average Bonchev–Trinajstić information content (AvgIpc) is 3.49. The van der Waals surface area contributed by atoms with Crippen LogP contribution < -0.4 is 0 Å². The van der Waals surface area contributed by atoms with E-state index < -0.39 is 6.17 Å². The van der Waals surface area contributed by atoms with E-state index >= 15 is 0 Å². The Bertz CT molecular complexity index is 794. The molecule has 1 aliphatic heterocycles. The van der Waals surface area contributed by atoms with Crippen LogP contribution in [0.25, 0.3) is 0 Å². The van der Waals surface area contributed by atoms with E-state index in [9.17, 15) is 4.39 Å². The van der Waals surface area contributed by atoms with E-state index in [0.29, 0.717) is 23.8 Å². The Morgan fingerprint density at radius 1 is 1.25 bits per heavy atom. The maximum atomic E-state index is 14.0. The molecule has 3 aliphatic carbocycles. The first kappa shape index (κ1) is 25.2. The summed E-state index contributed by atoms with van der Waals surface area (Å²) in [5.41, 5.74) is 5.39. The van der Waals surface area contributed by atoms with Crippen molar-refractivity contribution in [3.05, 3.63) is 59.3 Å². The maximum absolute atomic E-state index is 14.0. The van der Waals surface area contributed by atoms with Crippen LogP contribution in [0, 0.1) is 17.3 Å². The fraction of sp³-hybridized carbons (Fsp3) is 0.667. The van der Waals surface area contributed by atoms with E-state index in [-0.39, 0.29) is 11.0 Å². The molecule has 0 aromatic heterocycles. The van der Waals surface area contributed by atoms with Crippen molar-refractivity contribution in [3.8, 4) is 0 Å². The second-order valence-corrected chi connectivity index (χ2v) is 10.3. The van der Waals surface area contributed by atoms with Gasteiger partial charge in [0.25, 0.3) is 0 Å². The lowest BCUT2D eigenvalue weighted by molar-refractivity contribution is 0.218. The number of fused-ring (bicyclic) bond motifs is 1. The number of hydrogen-bond donors (Lipinski definition) is 0. The third kappa shape index (κ3) is 5.22. The number of allylic oxidation sites excluding steroid dienone is 8. The van der Waals surface area contributed by atoms with Crippen molar-refractivity contribution in [2.75, 3.05) is 6.61 Å². The Kier molecular flexibility index (Phi) is 8.42. The first-order valence-electron chi connectivity index (χ1n) is 13.1. The first-order chi connectivity index (χ1) is 15.4. The van der Waals surface area contributed by atoms with E-state index in [1.54, 1.807) is 11.1 Å². The summed E-state index contributed by atoms with van der Waals surface area (Å²) in [4.78, 5) is 0. The molecule has 0 aromatic rings. The standard InChI is InChI=1S/C28H39FO.C2H6/c1-5-28(19-30-28)18-7-9-20(2)24-15-16-25-23(11-8-17-27(24,25)4)14-13-22-10-6-12-26(29)21(22)3;1-2/h7,13-15,18,20,25-26H,3,5-6,8-12,16-17,19H2,1-2,4H3;1-2H3/b18-7+,22-13-,23-14+;/t20-,25?,26-,27+,28?;/m0./s1. The van der Waals surface area contributed by atoms with Crippen molar-refractivity contribution >= 4 is 0 Å². The predicted molar refractivity (Wildman–Crippen MR) is 135 cm³/mol. The van der Waals surface area contributed by atoms with E-state index in [1.165, 1.54) is 19.3 Å². The Morgan fingerprint density at radius 2 is 2.00 bits per heavy atom. The van der Waals surface area contributed by atoms with Gasteiger partial charge in [-0.05, 0) is 86.2 Å². The molecule has 0 spiro atoms. The van der Waals surface area contributed by atoms with Crippen LogP contribution in [0.15, 0.2) is 59.3 Å². The van der Waals surface area contributed by atoms with Crippen molar-refractivity contribution in [3.63, 3.8) is 0 Å². The van der Waals surface area contributed by atoms with Gasteiger partial charge < -0.3 is 4.74 Å². The van der Waals surface area contributed by atoms with Gasteiger partial charge in [-0.1, -0.05) is 82.7 Å². The highest BCUT2D eigenvalue weighted by Gasteiger charge is 2.46. The highest BCUT2D eigenvalue weighted by molar-refractivity contribution is 5.39. The minimum Gasteiger partial charge on any atom is -0.365 e. The lowest BCUT2D eigenvalue weighted by Gasteiger charge is -2.42. The van der Waals surface area contributed by atoms with E-state index in [1.807, 2.05) is 13.8 Å². The number of hydrogen-bond acceptors (Lipinski definition) is 1. The van der Waals surface area contributed by atoms with Gasteiger partial charge in [0.1, 0.15) is 11.8 Å². The van der Waals surface area contributed by atoms with Crippen LogP contribution in [0.3, 0.4) is 0 Å². The molecule has 1 nitrogen and oxygen atoms in total. The molecule has 178 valence electrons. The van der Waals surface area contributed by atoms with Gasteiger partial charge in [-0.3, -0.25) is 0 Å². The van der Waals surface area contributed by atoms with Gasteiger partial charge >= 0.3 is 0 Å². The molecule has 2 unspecified atom stereocenters. The molecule has 3 fully saturated rings. The summed E-state index contributed by atoms with van der Waals surface area (Å²) < 4.78 is 19.6. The van der Waals surface area contributed by atoms with Crippen LogP contribution in [0.5, 0.6) is 0 Å². The van der Waals surface area contributed by atoms with Crippen LogP contribution in [-0.4, -0.2) is 18.4 Å².